The van der Waals surface area contributed by atoms with Crippen molar-refractivity contribution in [3.05, 3.63) is 0 Å². The van der Waals surface area contributed by atoms with Crippen LogP contribution in [-0.4, -0.2) is 30.8 Å². The van der Waals surface area contributed by atoms with Crippen molar-refractivity contribution >= 4 is 13.7 Å². The first-order chi connectivity index (χ1) is 6.54. The van der Waals surface area contributed by atoms with Gasteiger partial charge in [0.05, 0.1) is 13.2 Å². The molecular weight excluding hydrogens is 211 g/mol. The zero-order valence-corrected chi connectivity index (χ0v) is 9.04. The van der Waals surface area contributed by atoms with E-state index < -0.39 is 13.7 Å². The first kappa shape index (κ1) is 13.5. The molecule has 0 aliphatic carbocycles. The molecule has 0 bridgehead atoms. The summed E-state index contributed by atoms with van der Waals surface area (Å²) < 4.78 is 21.2. The molecule has 7 nitrogen and oxygen atoms in total. The van der Waals surface area contributed by atoms with Crippen molar-refractivity contribution in [3.8, 4) is 0 Å². The molecule has 0 heterocycles. The summed E-state index contributed by atoms with van der Waals surface area (Å²) in [5, 5.41) is 10.5. The van der Waals surface area contributed by atoms with E-state index in [1.165, 1.54) is 0 Å². The maximum absolute atomic E-state index is 11.6. The molecule has 0 spiro atoms. The minimum atomic E-state index is -3.40. The van der Waals surface area contributed by atoms with E-state index in [1.54, 1.807) is 13.8 Å². The fraction of sp³-hybridized carbons (Fsp3) is 0.833. The molecule has 84 valence electrons. The van der Waals surface area contributed by atoms with Crippen molar-refractivity contribution in [2.24, 2.45) is 0 Å². The molecule has 0 aromatic rings. The normalized spacial score (nSPS) is 11.6. The van der Waals surface area contributed by atoms with Crippen LogP contribution >= 0.6 is 7.75 Å². The molecule has 0 atom stereocenters. The van der Waals surface area contributed by atoms with Crippen molar-refractivity contribution in [1.82, 2.24) is 10.6 Å². The number of nitrogens with one attached hydrogen (secondary N) is 2. The molecule has 0 saturated heterocycles. The number of carbonyl (C=O) groups is 1. The SMILES string of the molecule is CCOP(=O)(NNCC(=O)O)OCC. The van der Waals surface area contributed by atoms with Crippen LogP contribution in [0, 0.1) is 0 Å². The van der Waals surface area contributed by atoms with E-state index >= 15 is 0 Å². The van der Waals surface area contributed by atoms with Crippen LogP contribution in [0.2, 0.25) is 0 Å². The first-order valence-corrected chi connectivity index (χ1v) is 5.69. The van der Waals surface area contributed by atoms with Gasteiger partial charge in [-0.15, -0.1) is 0 Å². The minimum absolute atomic E-state index is 0.207. The lowest BCUT2D eigenvalue weighted by molar-refractivity contribution is -0.136. The van der Waals surface area contributed by atoms with E-state index in [2.05, 4.69) is 10.6 Å². The van der Waals surface area contributed by atoms with E-state index in [4.69, 9.17) is 14.2 Å². The van der Waals surface area contributed by atoms with Crippen molar-refractivity contribution in [2.75, 3.05) is 19.8 Å². The van der Waals surface area contributed by atoms with Gasteiger partial charge in [-0.25, -0.2) is 9.99 Å². The second kappa shape index (κ2) is 6.92. The summed E-state index contributed by atoms with van der Waals surface area (Å²) in [5.41, 5.74) is 2.23. The van der Waals surface area contributed by atoms with Gasteiger partial charge in [0.1, 0.15) is 6.54 Å². The lowest BCUT2D eigenvalue weighted by atomic mass is 10.7. The topological polar surface area (TPSA) is 96.9 Å². The Morgan fingerprint density at radius 1 is 1.36 bits per heavy atom. The van der Waals surface area contributed by atoms with Gasteiger partial charge in [-0.1, -0.05) is 0 Å². The standard InChI is InChI=1S/C6H15N2O5P/c1-3-12-14(11,13-4-2)8-7-5-6(9)10/h7H,3-5H2,1-2H3,(H,8,11)(H,9,10). The maximum Gasteiger partial charge on any atom is 0.418 e. The molecule has 0 aliphatic rings. The number of hydrazine groups is 1. The van der Waals surface area contributed by atoms with Gasteiger partial charge in [-0.3, -0.25) is 13.8 Å². The summed E-state index contributed by atoms with van der Waals surface area (Å²) in [7, 11) is -3.40. The Morgan fingerprint density at radius 3 is 2.21 bits per heavy atom. The third kappa shape index (κ3) is 6.06. The summed E-state index contributed by atoms with van der Waals surface area (Å²) in [5.74, 6) is -1.07. The van der Waals surface area contributed by atoms with Crippen molar-refractivity contribution < 1.29 is 23.5 Å². The summed E-state index contributed by atoms with van der Waals surface area (Å²) in [4.78, 5) is 10.1. The average molecular weight is 226 g/mol. The Morgan fingerprint density at radius 2 is 1.86 bits per heavy atom. The van der Waals surface area contributed by atoms with Crippen LogP contribution in [0.25, 0.3) is 0 Å². The number of hydrogen-bond donors (Lipinski definition) is 3. The van der Waals surface area contributed by atoms with Gasteiger partial charge >= 0.3 is 13.7 Å². The molecule has 0 radical (unpaired) electrons. The number of hydrogen-bond acceptors (Lipinski definition) is 5. The molecule has 0 unspecified atom stereocenters. The van der Waals surface area contributed by atoms with Crippen LogP contribution in [0.5, 0.6) is 0 Å². The van der Waals surface area contributed by atoms with Gasteiger partial charge in [0.15, 0.2) is 0 Å². The second-order valence-electron chi connectivity index (χ2n) is 2.19. The number of carboxylic acids is 1. The summed E-state index contributed by atoms with van der Waals surface area (Å²) >= 11 is 0. The summed E-state index contributed by atoms with van der Waals surface area (Å²) in [6.45, 7) is 3.36. The Labute approximate surface area is 82.3 Å². The third-order valence-electron chi connectivity index (χ3n) is 1.05. The van der Waals surface area contributed by atoms with Crippen LogP contribution in [0.3, 0.4) is 0 Å². The molecule has 0 saturated carbocycles. The number of carboxylic acid groups (broad SMARTS) is 1. The molecule has 0 rings (SSSR count). The average Bonchev–Trinajstić information content (AvgIpc) is 2.03. The Hall–Kier alpha value is -0.460. The second-order valence-corrected chi connectivity index (χ2v) is 3.93. The molecule has 3 N–H and O–H groups in total. The molecule has 0 fully saturated rings. The van der Waals surface area contributed by atoms with Crippen LogP contribution in [0.4, 0.5) is 0 Å². The van der Waals surface area contributed by atoms with Crippen molar-refractivity contribution in [3.63, 3.8) is 0 Å². The van der Waals surface area contributed by atoms with Gasteiger partial charge in [0.25, 0.3) is 0 Å². The molecule has 14 heavy (non-hydrogen) atoms. The number of aliphatic carboxylic acids is 1. The van der Waals surface area contributed by atoms with Crippen LogP contribution in [0.1, 0.15) is 13.8 Å². The van der Waals surface area contributed by atoms with Gasteiger partial charge < -0.3 is 5.11 Å². The van der Waals surface area contributed by atoms with E-state index in [-0.39, 0.29) is 19.8 Å². The van der Waals surface area contributed by atoms with Crippen LogP contribution in [-0.2, 0) is 18.4 Å². The number of rotatable bonds is 8. The Bertz CT molecular complexity index is 212. The zero-order chi connectivity index (χ0) is 11.0. The molecule has 8 heteroatoms. The monoisotopic (exact) mass is 226 g/mol. The Kier molecular flexibility index (Phi) is 6.69. The summed E-state index contributed by atoms with van der Waals surface area (Å²) in [6, 6.07) is 0. The van der Waals surface area contributed by atoms with Gasteiger partial charge in [-0.05, 0) is 13.8 Å². The molecule has 0 aromatic heterocycles. The predicted octanol–water partition coefficient (Wildman–Crippen LogP) is 0.346. The summed E-state index contributed by atoms with van der Waals surface area (Å²) in [6.07, 6.45) is 0. The lowest BCUT2D eigenvalue weighted by Gasteiger charge is -2.17. The van der Waals surface area contributed by atoms with E-state index in [0.29, 0.717) is 0 Å². The maximum atomic E-state index is 11.6. The molecule has 0 aromatic carbocycles. The fourth-order valence-electron chi connectivity index (χ4n) is 0.654. The van der Waals surface area contributed by atoms with Gasteiger partial charge in [0.2, 0.25) is 0 Å². The highest BCUT2D eigenvalue weighted by Crippen LogP contribution is 2.42. The smallest absolute Gasteiger partial charge is 0.418 e. The molecule has 0 aliphatic heterocycles. The minimum Gasteiger partial charge on any atom is -0.480 e. The molecule has 0 amide bonds. The van der Waals surface area contributed by atoms with Crippen LogP contribution < -0.4 is 10.6 Å². The molecular formula is C6H15N2O5P. The lowest BCUT2D eigenvalue weighted by Crippen LogP contribution is -2.34. The highest BCUT2D eigenvalue weighted by atomic mass is 31.2. The van der Waals surface area contributed by atoms with Gasteiger partial charge in [-0.2, -0.15) is 5.20 Å². The zero-order valence-electron chi connectivity index (χ0n) is 8.15. The third-order valence-corrected chi connectivity index (χ3v) is 2.68. The quantitative estimate of drug-likeness (QED) is 0.405. The van der Waals surface area contributed by atoms with Crippen molar-refractivity contribution in [1.29, 1.82) is 0 Å². The van der Waals surface area contributed by atoms with Crippen molar-refractivity contribution in [2.45, 2.75) is 13.8 Å². The van der Waals surface area contributed by atoms with E-state index in [9.17, 15) is 9.36 Å². The van der Waals surface area contributed by atoms with Gasteiger partial charge in [0, 0.05) is 0 Å². The van der Waals surface area contributed by atoms with E-state index in [1.807, 2.05) is 0 Å². The largest absolute Gasteiger partial charge is 0.480 e. The highest BCUT2D eigenvalue weighted by Gasteiger charge is 2.22. The van der Waals surface area contributed by atoms with E-state index in [0.717, 1.165) is 0 Å². The Balaban J connectivity index is 3.96. The fourth-order valence-corrected chi connectivity index (χ4v) is 1.81. The first-order valence-electron chi connectivity index (χ1n) is 4.15. The van der Waals surface area contributed by atoms with Crippen LogP contribution in [0.15, 0.2) is 0 Å². The highest BCUT2D eigenvalue weighted by molar-refractivity contribution is 7.51. The predicted molar refractivity (Wildman–Crippen MR) is 49.6 cm³/mol.